The van der Waals surface area contributed by atoms with Gasteiger partial charge in [-0.3, -0.25) is 9.89 Å². The number of fused-ring (bicyclic) bond motifs is 2. The Balaban J connectivity index is 0.000000168. The second kappa shape index (κ2) is 11.4. The molecular formula is C33H42N2O4. The van der Waals surface area contributed by atoms with E-state index in [0.29, 0.717) is 12.5 Å². The summed E-state index contributed by atoms with van der Waals surface area (Å²) in [6, 6.07) is 12.8. The predicted molar refractivity (Wildman–Crippen MR) is 156 cm³/mol. The topological polar surface area (TPSA) is 60.4 Å². The third-order valence-electron chi connectivity index (χ3n) is 7.60. The molecule has 1 amide bonds. The zero-order valence-electron chi connectivity index (χ0n) is 24.1. The van der Waals surface area contributed by atoms with Gasteiger partial charge in [-0.25, -0.2) is 4.79 Å². The number of rotatable bonds is 2. The maximum absolute atomic E-state index is 12.6. The maximum Gasteiger partial charge on any atom is 0.414 e. The van der Waals surface area contributed by atoms with Crippen molar-refractivity contribution in [1.29, 1.82) is 0 Å². The molecule has 6 heteroatoms. The lowest BCUT2D eigenvalue weighted by atomic mass is 9.95. The van der Waals surface area contributed by atoms with Crippen LogP contribution in [0.5, 0.6) is 11.5 Å². The summed E-state index contributed by atoms with van der Waals surface area (Å²) < 4.78 is 16.8. The number of hydrogen-bond acceptors (Lipinski definition) is 5. The van der Waals surface area contributed by atoms with Gasteiger partial charge in [0.25, 0.3) is 0 Å². The van der Waals surface area contributed by atoms with E-state index in [9.17, 15) is 4.79 Å². The standard InChI is InChI=1S/C19H25NO3.C14H17NO/c1-13-5-8-16(20(12-13)18(21)23-19(2,3)4)15-7-6-14-9-10-22-17(14)11-15;1-10-2-5-13(15-9-10)12-4-3-11-6-7-16-14(11)8-12/h6-8,11,13H,5,9-10,12H2,1-4H3;3-4,8,10H,2,5-7,9H2,1H3. The van der Waals surface area contributed by atoms with Crippen LogP contribution in [0.4, 0.5) is 4.79 Å². The van der Waals surface area contributed by atoms with Crippen LogP contribution >= 0.6 is 0 Å². The molecule has 4 aliphatic heterocycles. The summed E-state index contributed by atoms with van der Waals surface area (Å²) in [5, 5.41) is 0. The van der Waals surface area contributed by atoms with E-state index < -0.39 is 5.60 Å². The number of ether oxygens (including phenoxy) is 3. The number of benzene rings is 2. The van der Waals surface area contributed by atoms with Crippen molar-refractivity contribution in [2.75, 3.05) is 26.3 Å². The molecule has 6 nitrogen and oxygen atoms in total. The van der Waals surface area contributed by atoms with Crippen molar-refractivity contribution in [2.45, 2.75) is 72.3 Å². The first-order valence-electron chi connectivity index (χ1n) is 14.4. The fraction of sp³-hybridized carbons (Fsp3) is 0.515. The minimum atomic E-state index is -0.496. The van der Waals surface area contributed by atoms with Crippen LogP contribution in [-0.2, 0) is 17.6 Å². The van der Waals surface area contributed by atoms with E-state index in [4.69, 9.17) is 14.2 Å². The van der Waals surface area contributed by atoms with Gasteiger partial charge in [0.1, 0.15) is 17.1 Å². The van der Waals surface area contributed by atoms with E-state index in [0.717, 1.165) is 74.1 Å². The Bertz CT molecular complexity index is 1270. The minimum Gasteiger partial charge on any atom is -0.493 e. The van der Waals surface area contributed by atoms with Crippen LogP contribution in [0.15, 0.2) is 47.5 Å². The van der Waals surface area contributed by atoms with Crippen LogP contribution in [0, 0.1) is 11.8 Å². The molecule has 208 valence electrons. The second-order valence-electron chi connectivity index (χ2n) is 12.3. The van der Waals surface area contributed by atoms with Gasteiger partial charge in [0.2, 0.25) is 0 Å². The molecule has 0 spiro atoms. The Morgan fingerprint density at radius 2 is 1.56 bits per heavy atom. The highest BCUT2D eigenvalue weighted by atomic mass is 16.6. The highest BCUT2D eigenvalue weighted by molar-refractivity contribution is 6.01. The molecule has 2 unspecified atom stereocenters. The molecule has 0 aromatic heterocycles. The van der Waals surface area contributed by atoms with Gasteiger partial charge in [-0.05, 0) is 80.7 Å². The van der Waals surface area contributed by atoms with Gasteiger partial charge in [0, 0.05) is 37.2 Å². The summed E-state index contributed by atoms with van der Waals surface area (Å²) in [5.74, 6) is 3.18. The minimum absolute atomic E-state index is 0.281. The summed E-state index contributed by atoms with van der Waals surface area (Å²) in [6.45, 7) is 13.3. The average molecular weight is 531 g/mol. The first kappa shape index (κ1) is 27.3. The molecule has 6 rings (SSSR count). The maximum atomic E-state index is 12.6. The Hall–Kier alpha value is -3.28. The van der Waals surface area contributed by atoms with Crippen molar-refractivity contribution >= 4 is 17.5 Å². The van der Waals surface area contributed by atoms with Crippen molar-refractivity contribution in [3.8, 4) is 11.5 Å². The van der Waals surface area contributed by atoms with Gasteiger partial charge in [-0.2, -0.15) is 0 Å². The van der Waals surface area contributed by atoms with Crippen LogP contribution in [0.1, 0.15) is 76.1 Å². The van der Waals surface area contributed by atoms with Crippen molar-refractivity contribution in [3.05, 3.63) is 64.7 Å². The number of nitrogens with zero attached hydrogens (tertiary/aromatic N) is 2. The van der Waals surface area contributed by atoms with Crippen molar-refractivity contribution in [3.63, 3.8) is 0 Å². The molecule has 0 N–H and O–H groups in total. The molecular weight excluding hydrogens is 488 g/mol. The molecule has 2 atom stereocenters. The number of allylic oxidation sites excluding steroid dienone is 1. The van der Waals surface area contributed by atoms with E-state index in [1.807, 2.05) is 26.8 Å². The van der Waals surface area contributed by atoms with Crippen molar-refractivity contribution in [2.24, 2.45) is 16.8 Å². The second-order valence-corrected chi connectivity index (χ2v) is 12.3. The van der Waals surface area contributed by atoms with E-state index in [1.165, 1.54) is 28.8 Å². The lowest BCUT2D eigenvalue weighted by Crippen LogP contribution is -2.39. The smallest absolute Gasteiger partial charge is 0.414 e. The fourth-order valence-electron chi connectivity index (χ4n) is 5.40. The summed E-state index contributed by atoms with van der Waals surface area (Å²) in [4.78, 5) is 19.0. The highest BCUT2D eigenvalue weighted by Crippen LogP contribution is 2.34. The predicted octanol–water partition coefficient (Wildman–Crippen LogP) is 7.08. The molecule has 39 heavy (non-hydrogen) atoms. The van der Waals surface area contributed by atoms with Gasteiger partial charge in [-0.1, -0.05) is 44.2 Å². The molecule has 0 saturated heterocycles. The number of carbonyl (C=O) groups is 1. The van der Waals surface area contributed by atoms with E-state index >= 15 is 0 Å². The molecule has 0 fully saturated rings. The molecule has 4 heterocycles. The monoisotopic (exact) mass is 530 g/mol. The third kappa shape index (κ3) is 6.66. The van der Waals surface area contributed by atoms with Crippen molar-refractivity contribution < 1.29 is 19.0 Å². The summed E-state index contributed by atoms with van der Waals surface area (Å²) >= 11 is 0. The van der Waals surface area contributed by atoms with E-state index in [2.05, 4.69) is 55.2 Å². The quantitative estimate of drug-likeness (QED) is 0.416. The van der Waals surface area contributed by atoms with Crippen LogP contribution in [-0.4, -0.2) is 48.6 Å². The summed E-state index contributed by atoms with van der Waals surface area (Å²) in [6.07, 6.45) is 7.20. The number of hydrogen-bond donors (Lipinski definition) is 0. The number of amides is 1. The Morgan fingerprint density at radius 3 is 2.18 bits per heavy atom. The molecule has 0 radical (unpaired) electrons. The van der Waals surface area contributed by atoms with Gasteiger partial charge in [0.05, 0.1) is 18.9 Å². The average Bonchev–Trinajstić information content (AvgIpc) is 3.57. The summed E-state index contributed by atoms with van der Waals surface area (Å²) in [5.41, 5.74) is 6.54. The highest BCUT2D eigenvalue weighted by Gasteiger charge is 2.30. The Labute approximate surface area is 233 Å². The first-order valence-corrected chi connectivity index (χ1v) is 14.4. The van der Waals surface area contributed by atoms with E-state index in [1.54, 1.807) is 4.90 Å². The van der Waals surface area contributed by atoms with Crippen LogP contribution in [0.2, 0.25) is 0 Å². The normalized spacial score (nSPS) is 21.8. The van der Waals surface area contributed by atoms with Crippen LogP contribution in [0.3, 0.4) is 0 Å². The van der Waals surface area contributed by atoms with Gasteiger partial charge < -0.3 is 14.2 Å². The van der Waals surface area contributed by atoms with Gasteiger partial charge >= 0.3 is 6.09 Å². The Morgan fingerprint density at radius 1 is 0.923 bits per heavy atom. The first-order chi connectivity index (χ1) is 18.7. The lowest BCUT2D eigenvalue weighted by molar-refractivity contribution is 0.0327. The van der Waals surface area contributed by atoms with Crippen LogP contribution < -0.4 is 9.47 Å². The number of carbonyl (C=O) groups excluding carboxylic acids is 1. The number of aliphatic imine (C=N–C) groups is 1. The van der Waals surface area contributed by atoms with Crippen LogP contribution in [0.25, 0.3) is 5.70 Å². The summed E-state index contributed by atoms with van der Waals surface area (Å²) in [7, 11) is 0. The molecule has 2 aromatic carbocycles. The van der Waals surface area contributed by atoms with E-state index in [-0.39, 0.29) is 6.09 Å². The molecule has 0 saturated carbocycles. The van der Waals surface area contributed by atoms with Gasteiger partial charge in [-0.15, -0.1) is 0 Å². The third-order valence-corrected chi connectivity index (χ3v) is 7.60. The van der Waals surface area contributed by atoms with Crippen molar-refractivity contribution in [1.82, 2.24) is 4.90 Å². The largest absolute Gasteiger partial charge is 0.493 e. The molecule has 4 aliphatic rings. The fourth-order valence-corrected chi connectivity index (χ4v) is 5.40. The molecule has 0 bridgehead atoms. The Kier molecular flexibility index (Phi) is 8.01. The zero-order chi connectivity index (χ0) is 27.6. The molecule has 0 aliphatic carbocycles. The lowest BCUT2D eigenvalue weighted by Gasteiger charge is -2.34. The zero-order valence-corrected chi connectivity index (χ0v) is 24.1. The molecule has 2 aromatic rings. The van der Waals surface area contributed by atoms with Gasteiger partial charge in [0.15, 0.2) is 0 Å². The SMILES string of the molecule is CC1CC=C(c2ccc3c(c2)OCC3)N(C(=O)OC(C)(C)C)C1.CC1CCC(c2ccc3c(c2)OCC3)=NC1.